The average Bonchev–Trinajstić information content (AvgIpc) is 2.86. The van der Waals surface area contributed by atoms with Crippen molar-refractivity contribution in [3.8, 4) is 6.07 Å². The monoisotopic (exact) mass is 317 g/mol. The van der Waals surface area contributed by atoms with Gasteiger partial charge in [0.05, 0.1) is 22.7 Å². The molecule has 3 nitrogen and oxygen atoms in total. The van der Waals surface area contributed by atoms with E-state index in [1.54, 1.807) is 12.1 Å². The fourth-order valence-electron chi connectivity index (χ4n) is 2.34. The quantitative estimate of drug-likeness (QED) is 0.678. The molecule has 0 N–H and O–H groups in total. The highest BCUT2D eigenvalue weighted by Crippen LogP contribution is 2.34. The van der Waals surface area contributed by atoms with Gasteiger partial charge in [-0.15, -0.1) is 0 Å². The Morgan fingerprint density at radius 3 is 2.55 bits per heavy atom. The van der Waals surface area contributed by atoms with Crippen LogP contribution in [-0.2, 0) is 11.9 Å². The molecule has 0 aliphatic rings. The highest BCUT2D eigenvalue weighted by atomic mass is 35.5. The summed E-state index contributed by atoms with van der Waals surface area (Å²) in [5.41, 5.74) is 2.05. The van der Waals surface area contributed by atoms with Crippen molar-refractivity contribution in [1.82, 2.24) is 9.55 Å². The molecule has 1 heterocycles. The third-order valence-corrected chi connectivity index (χ3v) is 3.48. The highest BCUT2D eigenvalue weighted by molar-refractivity contribution is 6.21. The van der Waals surface area contributed by atoms with Gasteiger partial charge in [-0.2, -0.15) is 14.0 Å². The topological polar surface area (TPSA) is 41.6 Å². The lowest BCUT2D eigenvalue weighted by Gasteiger charge is -2.12. The highest BCUT2D eigenvalue weighted by Gasteiger charge is 2.35. The van der Waals surface area contributed by atoms with E-state index in [0.717, 1.165) is 5.56 Å². The molecule has 110 valence electrons. The molecule has 0 unspecified atom stereocenters. The summed E-state index contributed by atoms with van der Waals surface area (Å²) < 4.78 is 28.7. The van der Waals surface area contributed by atoms with Gasteiger partial charge in [-0.3, -0.25) is 0 Å². The van der Waals surface area contributed by atoms with E-state index in [-0.39, 0.29) is 6.54 Å². The molecule has 0 atom stereocenters. The third kappa shape index (κ3) is 2.66. The maximum absolute atomic E-state index is 13.7. The second kappa shape index (κ2) is 5.39. The van der Waals surface area contributed by atoms with Crippen LogP contribution < -0.4 is 0 Å². The molecule has 22 heavy (non-hydrogen) atoms. The van der Waals surface area contributed by atoms with E-state index in [0.29, 0.717) is 16.6 Å². The van der Waals surface area contributed by atoms with Crippen molar-refractivity contribution < 1.29 is 8.78 Å². The standard InChI is InChI=1S/C16H10ClF2N3/c17-16(18,19)15-21-13-8-12(9-20)6-7-14(13)22(15)10-11-4-2-1-3-5-11/h1-8H,10H2. The van der Waals surface area contributed by atoms with Crippen molar-refractivity contribution >= 4 is 22.6 Å². The largest absolute Gasteiger partial charge is 0.380 e. The van der Waals surface area contributed by atoms with Crippen LogP contribution >= 0.6 is 11.6 Å². The number of hydrogen-bond acceptors (Lipinski definition) is 2. The molecule has 6 heteroatoms. The summed E-state index contributed by atoms with van der Waals surface area (Å²) in [5.74, 6) is -0.525. The molecule has 0 saturated heterocycles. The van der Waals surface area contributed by atoms with E-state index >= 15 is 0 Å². The first-order valence-electron chi connectivity index (χ1n) is 6.50. The van der Waals surface area contributed by atoms with Gasteiger partial charge in [0, 0.05) is 6.54 Å². The van der Waals surface area contributed by atoms with Crippen LogP contribution in [0.4, 0.5) is 8.78 Å². The summed E-state index contributed by atoms with van der Waals surface area (Å²) in [6.45, 7) is 0.223. The summed E-state index contributed by atoms with van der Waals surface area (Å²) in [4.78, 5) is 3.92. The van der Waals surface area contributed by atoms with Crippen molar-refractivity contribution in [3.05, 3.63) is 65.5 Å². The predicted molar refractivity (Wildman–Crippen MR) is 79.7 cm³/mol. The van der Waals surface area contributed by atoms with Gasteiger partial charge in [0.25, 0.3) is 0 Å². The molecule has 0 saturated carbocycles. The number of fused-ring (bicyclic) bond motifs is 1. The predicted octanol–water partition coefficient (Wildman–Crippen LogP) is 4.24. The minimum absolute atomic E-state index is 0.223. The zero-order valence-corrected chi connectivity index (χ0v) is 12.1. The first-order chi connectivity index (χ1) is 10.5. The van der Waals surface area contributed by atoms with Crippen LogP contribution in [0.5, 0.6) is 0 Å². The Morgan fingerprint density at radius 2 is 1.91 bits per heavy atom. The fourth-order valence-corrected chi connectivity index (χ4v) is 2.49. The van der Waals surface area contributed by atoms with Crippen LogP contribution in [-0.4, -0.2) is 9.55 Å². The number of nitriles is 1. The van der Waals surface area contributed by atoms with Gasteiger partial charge in [-0.05, 0) is 35.4 Å². The lowest BCUT2D eigenvalue weighted by molar-refractivity contribution is 0.0811. The van der Waals surface area contributed by atoms with Crippen molar-refractivity contribution in [2.24, 2.45) is 0 Å². The van der Waals surface area contributed by atoms with Crippen LogP contribution in [0.3, 0.4) is 0 Å². The summed E-state index contributed by atoms with van der Waals surface area (Å²) in [6, 6.07) is 15.8. The number of halogens is 3. The Bertz CT molecular complexity index is 861. The first-order valence-corrected chi connectivity index (χ1v) is 6.88. The normalized spacial score (nSPS) is 11.5. The zero-order chi connectivity index (χ0) is 15.7. The third-order valence-electron chi connectivity index (χ3n) is 3.31. The molecule has 0 fully saturated rings. The molecular weight excluding hydrogens is 308 g/mol. The molecule has 3 aromatic rings. The van der Waals surface area contributed by atoms with Gasteiger partial charge in [0.15, 0.2) is 5.82 Å². The van der Waals surface area contributed by atoms with Crippen LogP contribution in [0.15, 0.2) is 48.5 Å². The fraction of sp³-hybridized carbons (Fsp3) is 0.125. The van der Waals surface area contributed by atoms with Crippen LogP contribution in [0, 0.1) is 11.3 Å². The minimum atomic E-state index is -3.58. The van der Waals surface area contributed by atoms with Crippen LogP contribution in [0.1, 0.15) is 17.0 Å². The van der Waals surface area contributed by atoms with Gasteiger partial charge in [0.1, 0.15) is 0 Å². The number of imidazole rings is 1. The number of alkyl halides is 3. The SMILES string of the molecule is N#Cc1ccc2c(c1)nc(C(F)(F)Cl)n2Cc1ccccc1. The number of nitrogens with zero attached hydrogens (tertiary/aromatic N) is 3. The van der Waals surface area contributed by atoms with E-state index in [9.17, 15) is 8.78 Å². The van der Waals surface area contributed by atoms with Crippen LogP contribution in [0.25, 0.3) is 11.0 Å². The molecular formula is C16H10ClF2N3. The Balaban J connectivity index is 2.19. The van der Waals surface area contributed by atoms with E-state index in [1.165, 1.54) is 10.6 Å². The zero-order valence-electron chi connectivity index (χ0n) is 11.3. The van der Waals surface area contributed by atoms with Crippen molar-refractivity contribution in [3.63, 3.8) is 0 Å². The Hall–Kier alpha value is -2.45. The molecule has 0 bridgehead atoms. The smallest absolute Gasteiger partial charge is 0.317 e. The molecule has 2 aromatic carbocycles. The molecule has 0 spiro atoms. The summed E-state index contributed by atoms with van der Waals surface area (Å²) in [5, 5.41) is 5.33. The Kier molecular flexibility index (Phi) is 3.55. The maximum atomic E-state index is 13.7. The molecule has 0 radical (unpaired) electrons. The number of hydrogen-bond donors (Lipinski definition) is 0. The summed E-state index contributed by atoms with van der Waals surface area (Å²) in [6.07, 6.45) is 0. The lowest BCUT2D eigenvalue weighted by atomic mass is 10.2. The Labute approximate surface area is 130 Å². The summed E-state index contributed by atoms with van der Waals surface area (Å²) in [7, 11) is 0. The van der Waals surface area contributed by atoms with Crippen molar-refractivity contribution in [2.45, 2.75) is 11.9 Å². The molecule has 1 aromatic heterocycles. The van der Waals surface area contributed by atoms with E-state index in [1.807, 2.05) is 36.4 Å². The van der Waals surface area contributed by atoms with Gasteiger partial charge >= 0.3 is 5.38 Å². The molecule has 0 aliphatic heterocycles. The molecule has 0 aliphatic carbocycles. The minimum Gasteiger partial charge on any atom is -0.317 e. The number of rotatable bonds is 3. The van der Waals surface area contributed by atoms with E-state index in [4.69, 9.17) is 16.9 Å². The first kappa shape index (κ1) is 14.5. The Morgan fingerprint density at radius 1 is 1.18 bits per heavy atom. The maximum Gasteiger partial charge on any atom is 0.380 e. The second-order valence-corrected chi connectivity index (χ2v) is 5.29. The van der Waals surface area contributed by atoms with Gasteiger partial charge in [0.2, 0.25) is 0 Å². The van der Waals surface area contributed by atoms with E-state index in [2.05, 4.69) is 4.98 Å². The van der Waals surface area contributed by atoms with E-state index < -0.39 is 11.2 Å². The summed E-state index contributed by atoms with van der Waals surface area (Å²) >= 11 is 5.19. The van der Waals surface area contributed by atoms with Gasteiger partial charge < -0.3 is 4.57 Å². The van der Waals surface area contributed by atoms with Crippen LogP contribution in [0.2, 0.25) is 0 Å². The second-order valence-electron chi connectivity index (χ2n) is 4.82. The van der Waals surface area contributed by atoms with Gasteiger partial charge in [-0.1, -0.05) is 30.3 Å². The number of benzene rings is 2. The molecule has 3 rings (SSSR count). The van der Waals surface area contributed by atoms with Crippen molar-refractivity contribution in [1.29, 1.82) is 5.26 Å². The average molecular weight is 318 g/mol. The van der Waals surface area contributed by atoms with Gasteiger partial charge in [-0.25, -0.2) is 4.98 Å². The van der Waals surface area contributed by atoms with Crippen molar-refractivity contribution in [2.75, 3.05) is 0 Å². The lowest BCUT2D eigenvalue weighted by Crippen LogP contribution is -2.14. The molecule has 0 amide bonds. The number of aromatic nitrogens is 2.